The van der Waals surface area contributed by atoms with Crippen molar-refractivity contribution in [3.63, 3.8) is 0 Å². The number of carbonyl (C=O) groups is 2. The predicted molar refractivity (Wildman–Crippen MR) is 122 cm³/mol. The lowest BCUT2D eigenvalue weighted by Crippen LogP contribution is -2.15. The Morgan fingerprint density at radius 3 is 2.35 bits per heavy atom. The number of ketones is 1. The summed E-state index contributed by atoms with van der Waals surface area (Å²) in [6.45, 7) is 8.53. The maximum atomic E-state index is 12.3. The molecule has 0 bridgehead atoms. The van der Waals surface area contributed by atoms with E-state index in [9.17, 15) is 9.59 Å². The van der Waals surface area contributed by atoms with Gasteiger partial charge in [-0.05, 0) is 63.1 Å². The van der Waals surface area contributed by atoms with Gasteiger partial charge in [0.2, 0.25) is 5.91 Å². The van der Waals surface area contributed by atoms with Crippen molar-refractivity contribution in [1.29, 1.82) is 0 Å². The van der Waals surface area contributed by atoms with Gasteiger partial charge < -0.3 is 14.6 Å². The van der Waals surface area contributed by atoms with Crippen LogP contribution < -0.4 is 10.1 Å². The van der Waals surface area contributed by atoms with Crippen LogP contribution in [-0.4, -0.2) is 32.2 Å². The molecule has 1 aromatic heterocycles. The third-order valence-electron chi connectivity index (χ3n) is 4.77. The molecule has 0 aliphatic carbocycles. The van der Waals surface area contributed by atoms with Crippen LogP contribution in [0, 0.1) is 13.8 Å². The second-order valence-electron chi connectivity index (χ2n) is 7.12. The third-order valence-corrected chi connectivity index (χ3v) is 5.74. The molecule has 0 aliphatic rings. The zero-order valence-corrected chi connectivity index (χ0v) is 19.0. The normalized spacial score (nSPS) is 10.7. The van der Waals surface area contributed by atoms with E-state index in [1.807, 2.05) is 43.5 Å². The molecule has 0 aliphatic heterocycles. The number of para-hydroxylation sites is 1. The van der Waals surface area contributed by atoms with Crippen molar-refractivity contribution in [1.82, 2.24) is 14.8 Å². The Hall–Kier alpha value is -3.13. The molecule has 0 spiro atoms. The van der Waals surface area contributed by atoms with Gasteiger partial charge in [-0.2, -0.15) is 0 Å². The fourth-order valence-electron chi connectivity index (χ4n) is 3.13. The van der Waals surface area contributed by atoms with Crippen LogP contribution in [0.1, 0.15) is 41.2 Å². The quantitative estimate of drug-likeness (QED) is 0.393. The molecule has 31 heavy (non-hydrogen) atoms. The summed E-state index contributed by atoms with van der Waals surface area (Å²) in [4.78, 5) is 23.7. The number of benzene rings is 2. The van der Waals surface area contributed by atoms with E-state index in [1.165, 1.54) is 18.7 Å². The highest BCUT2D eigenvalue weighted by atomic mass is 32.2. The van der Waals surface area contributed by atoms with E-state index in [-0.39, 0.29) is 17.4 Å². The number of aryl methyl sites for hydroxylation is 2. The van der Waals surface area contributed by atoms with Gasteiger partial charge in [-0.3, -0.25) is 9.59 Å². The van der Waals surface area contributed by atoms with Crippen molar-refractivity contribution in [2.45, 2.75) is 46.0 Å². The Morgan fingerprint density at radius 1 is 1.06 bits per heavy atom. The summed E-state index contributed by atoms with van der Waals surface area (Å²) in [6, 6.07) is 12.9. The van der Waals surface area contributed by atoms with Gasteiger partial charge in [0.05, 0.1) is 5.75 Å². The summed E-state index contributed by atoms with van der Waals surface area (Å²) >= 11 is 1.32. The van der Waals surface area contributed by atoms with Crippen LogP contribution in [0.25, 0.3) is 0 Å². The second kappa shape index (κ2) is 10.3. The zero-order chi connectivity index (χ0) is 22.4. The Labute approximate surface area is 186 Å². The molecule has 1 heterocycles. The maximum Gasteiger partial charge on any atom is 0.234 e. The van der Waals surface area contributed by atoms with Crippen LogP contribution in [0.4, 0.5) is 5.69 Å². The first-order valence-corrected chi connectivity index (χ1v) is 11.0. The average molecular weight is 439 g/mol. The molecular weight excluding hydrogens is 412 g/mol. The number of amides is 1. The summed E-state index contributed by atoms with van der Waals surface area (Å²) in [5.74, 6) is 1.61. The Kier molecular flexibility index (Phi) is 7.46. The molecule has 1 N–H and O–H groups in total. The van der Waals surface area contributed by atoms with Gasteiger partial charge >= 0.3 is 0 Å². The number of nitrogens with zero attached hydrogens (tertiary/aromatic N) is 3. The Morgan fingerprint density at radius 2 is 1.74 bits per heavy atom. The number of thioether (sulfide) groups is 1. The zero-order valence-electron chi connectivity index (χ0n) is 18.1. The molecule has 3 aromatic rings. The molecule has 0 saturated carbocycles. The summed E-state index contributed by atoms with van der Waals surface area (Å²) in [6.07, 6.45) is 0. The fraction of sp³-hybridized carbons (Fsp3) is 0.304. The molecule has 3 rings (SSSR count). The van der Waals surface area contributed by atoms with Crippen molar-refractivity contribution >= 4 is 29.1 Å². The summed E-state index contributed by atoms with van der Waals surface area (Å²) in [5, 5.41) is 12.0. The molecule has 162 valence electrons. The minimum absolute atomic E-state index is 0.00953. The lowest BCUT2D eigenvalue weighted by Gasteiger charge is -2.12. The Balaban J connectivity index is 1.59. The standard InChI is InChI=1S/C23H26N4O3S/c1-5-27-20(13-30-22-15(2)7-6-8-16(22)3)25-26-23(27)31-14-21(29)24-19-11-9-18(10-12-19)17(4)28/h6-12H,5,13-14H2,1-4H3,(H,24,29). The van der Waals surface area contributed by atoms with Crippen LogP contribution in [0.3, 0.4) is 0 Å². The summed E-state index contributed by atoms with van der Waals surface area (Å²) in [7, 11) is 0. The van der Waals surface area contributed by atoms with E-state index in [1.54, 1.807) is 24.3 Å². The minimum atomic E-state index is -0.153. The fourth-order valence-corrected chi connectivity index (χ4v) is 3.95. The molecule has 0 radical (unpaired) electrons. The number of carbonyl (C=O) groups excluding carboxylic acids is 2. The molecule has 0 fully saturated rings. The van der Waals surface area contributed by atoms with Crippen molar-refractivity contribution < 1.29 is 14.3 Å². The monoisotopic (exact) mass is 438 g/mol. The van der Waals surface area contributed by atoms with Gasteiger partial charge in [0.15, 0.2) is 16.8 Å². The number of nitrogens with one attached hydrogen (secondary N) is 1. The summed E-state index contributed by atoms with van der Waals surface area (Å²) < 4.78 is 7.96. The smallest absolute Gasteiger partial charge is 0.234 e. The molecule has 0 saturated heterocycles. The first kappa shape index (κ1) is 22.6. The number of rotatable bonds is 9. The van der Waals surface area contributed by atoms with Crippen LogP contribution in [0.5, 0.6) is 5.75 Å². The lowest BCUT2D eigenvalue weighted by atomic mass is 10.1. The SMILES string of the molecule is CCn1c(COc2c(C)cccc2C)nnc1SCC(=O)Nc1ccc(C(C)=O)cc1. The van der Waals surface area contributed by atoms with Crippen LogP contribution in [0.15, 0.2) is 47.6 Å². The second-order valence-corrected chi connectivity index (χ2v) is 8.07. The Bertz CT molecular complexity index is 1060. The topological polar surface area (TPSA) is 86.1 Å². The van der Waals surface area contributed by atoms with E-state index in [0.29, 0.717) is 35.4 Å². The molecule has 1 amide bonds. The number of ether oxygens (including phenoxy) is 1. The van der Waals surface area contributed by atoms with Gasteiger partial charge in [-0.1, -0.05) is 30.0 Å². The van der Waals surface area contributed by atoms with E-state index in [0.717, 1.165) is 16.9 Å². The van der Waals surface area contributed by atoms with Crippen LogP contribution in [-0.2, 0) is 17.9 Å². The van der Waals surface area contributed by atoms with Crippen LogP contribution >= 0.6 is 11.8 Å². The first-order valence-electron chi connectivity index (χ1n) is 10.0. The first-order chi connectivity index (χ1) is 14.9. The third kappa shape index (κ3) is 5.73. The maximum absolute atomic E-state index is 12.3. The van der Waals surface area contributed by atoms with Crippen molar-refractivity contribution in [2.24, 2.45) is 0 Å². The van der Waals surface area contributed by atoms with Gasteiger partial charge in [0.1, 0.15) is 12.4 Å². The highest BCUT2D eigenvalue weighted by Gasteiger charge is 2.15. The molecule has 0 unspecified atom stereocenters. The predicted octanol–water partition coefficient (Wildman–Crippen LogP) is 4.43. The van der Waals surface area contributed by atoms with Crippen molar-refractivity contribution in [3.8, 4) is 5.75 Å². The highest BCUT2D eigenvalue weighted by molar-refractivity contribution is 7.99. The van der Waals surface area contributed by atoms with Gasteiger partial charge in [0.25, 0.3) is 0 Å². The van der Waals surface area contributed by atoms with E-state index >= 15 is 0 Å². The van der Waals surface area contributed by atoms with E-state index in [4.69, 9.17) is 4.74 Å². The van der Waals surface area contributed by atoms with E-state index in [2.05, 4.69) is 15.5 Å². The number of anilines is 1. The minimum Gasteiger partial charge on any atom is -0.485 e. The molecular formula is C23H26N4O3S. The largest absolute Gasteiger partial charge is 0.485 e. The molecule has 0 atom stereocenters. The molecule has 8 heteroatoms. The number of hydrogen-bond acceptors (Lipinski definition) is 6. The lowest BCUT2D eigenvalue weighted by molar-refractivity contribution is -0.113. The highest BCUT2D eigenvalue weighted by Crippen LogP contribution is 2.24. The van der Waals surface area contributed by atoms with Crippen molar-refractivity contribution in [2.75, 3.05) is 11.1 Å². The van der Waals surface area contributed by atoms with Gasteiger partial charge in [-0.15, -0.1) is 10.2 Å². The molecule has 7 nitrogen and oxygen atoms in total. The summed E-state index contributed by atoms with van der Waals surface area (Å²) in [5.41, 5.74) is 3.41. The average Bonchev–Trinajstić information content (AvgIpc) is 3.14. The van der Waals surface area contributed by atoms with Gasteiger partial charge in [0, 0.05) is 17.8 Å². The number of aromatic nitrogens is 3. The van der Waals surface area contributed by atoms with E-state index < -0.39 is 0 Å². The van der Waals surface area contributed by atoms with Gasteiger partial charge in [-0.25, -0.2) is 0 Å². The van der Waals surface area contributed by atoms with Crippen molar-refractivity contribution in [3.05, 3.63) is 65.0 Å². The number of hydrogen-bond donors (Lipinski definition) is 1. The van der Waals surface area contributed by atoms with Crippen LogP contribution in [0.2, 0.25) is 0 Å². The molecule has 2 aromatic carbocycles. The number of Topliss-reactive ketones (excluding diaryl/α,β-unsaturated/α-hetero) is 1.